The van der Waals surface area contributed by atoms with E-state index in [0.717, 1.165) is 60.6 Å². The highest BCUT2D eigenvalue weighted by atomic mass is 35.5. The van der Waals surface area contributed by atoms with Crippen LogP contribution in [0.15, 0.2) is 36.4 Å². The van der Waals surface area contributed by atoms with Crippen LogP contribution >= 0.6 is 11.6 Å². The van der Waals surface area contributed by atoms with Gasteiger partial charge in [0.1, 0.15) is 5.75 Å². The molecule has 2 aromatic carbocycles. The molecule has 0 spiro atoms. The van der Waals surface area contributed by atoms with Crippen molar-refractivity contribution >= 4 is 22.4 Å². The largest absolute Gasteiger partial charge is 0.493 e. The molecule has 0 aliphatic carbocycles. The van der Waals surface area contributed by atoms with Gasteiger partial charge in [0, 0.05) is 28.9 Å². The van der Waals surface area contributed by atoms with Crippen LogP contribution < -0.4 is 4.74 Å². The van der Waals surface area contributed by atoms with E-state index in [1.165, 1.54) is 0 Å². The number of ether oxygens (including phenoxy) is 2. The highest BCUT2D eigenvalue weighted by Crippen LogP contribution is 2.31. The van der Waals surface area contributed by atoms with Crippen LogP contribution in [0.4, 0.5) is 0 Å². The second kappa shape index (κ2) is 8.19. The number of nitrogens with zero attached hydrogens (tertiary/aromatic N) is 1. The highest BCUT2D eigenvalue weighted by molar-refractivity contribution is 6.35. The van der Waals surface area contributed by atoms with E-state index in [2.05, 4.69) is 24.8 Å². The van der Waals surface area contributed by atoms with Gasteiger partial charge in [-0.15, -0.1) is 0 Å². The van der Waals surface area contributed by atoms with Gasteiger partial charge in [-0.3, -0.25) is 4.90 Å². The van der Waals surface area contributed by atoms with Crippen molar-refractivity contribution in [2.24, 2.45) is 0 Å². The van der Waals surface area contributed by atoms with Gasteiger partial charge in [0.2, 0.25) is 0 Å². The smallest absolute Gasteiger partial charge is 0.127 e. The summed E-state index contributed by atoms with van der Waals surface area (Å²) in [4.78, 5) is 2.50. The Morgan fingerprint density at radius 1 is 1.04 bits per heavy atom. The summed E-state index contributed by atoms with van der Waals surface area (Å²) in [5.41, 5.74) is 0. The molecule has 24 heavy (non-hydrogen) atoms. The van der Waals surface area contributed by atoms with Gasteiger partial charge in [-0.25, -0.2) is 0 Å². The molecule has 2 aromatic rings. The fourth-order valence-electron chi connectivity index (χ4n) is 3.45. The van der Waals surface area contributed by atoms with Gasteiger partial charge >= 0.3 is 0 Å². The van der Waals surface area contributed by atoms with Gasteiger partial charge in [0.15, 0.2) is 0 Å². The van der Waals surface area contributed by atoms with Crippen molar-refractivity contribution in [2.75, 3.05) is 26.2 Å². The molecular formula is C20H26ClNO2. The summed E-state index contributed by atoms with van der Waals surface area (Å²) in [7, 11) is 0. The van der Waals surface area contributed by atoms with E-state index in [-0.39, 0.29) is 0 Å². The summed E-state index contributed by atoms with van der Waals surface area (Å²) < 4.78 is 11.8. The van der Waals surface area contributed by atoms with Crippen molar-refractivity contribution in [3.05, 3.63) is 41.4 Å². The Hall–Kier alpha value is -1.29. The van der Waals surface area contributed by atoms with Crippen LogP contribution in [0.25, 0.3) is 10.8 Å². The van der Waals surface area contributed by atoms with Gasteiger partial charge in [-0.2, -0.15) is 0 Å². The van der Waals surface area contributed by atoms with Crippen LogP contribution in [-0.4, -0.2) is 43.3 Å². The molecule has 0 bridgehead atoms. The quantitative estimate of drug-likeness (QED) is 0.703. The molecule has 1 aliphatic heterocycles. The Bertz CT molecular complexity index is 666. The standard InChI is InChI=1S/C20H26ClNO2/c1-15-13-22(14-16(2)24-15)11-5-6-12-23-20-10-9-19(21)17-7-3-4-8-18(17)20/h3-4,7-10,15-16H,5-6,11-14H2,1-2H3/t15-,16-/m0/s1. The molecular weight excluding hydrogens is 322 g/mol. The first-order chi connectivity index (χ1) is 11.6. The van der Waals surface area contributed by atoms with E-state index in [4.69, 9.17) is 21.1 Å². The molecule has 4 heteroatoms. The predicted molar refractivity (Wildman–Crippen MR) is 100 cm³/mol. The van der Waals surface area contributed by atoms with E-state index in [9.17, 15) is 0 Å². The number of hydrogen-bond acceptors (Lipinski definition) is 3. The summed E-state index contributed by atoms with van der Waals surface area (Å²) in [6, 6.07) is 12.0. The Balaban J connectivity index is 1.46. The number of benzene rings is 2. The van der Waals surface area contributed by atoms with Crippen LogP contribution in [0.2, 0.25) is 5.02 Å². The molecule has 3 rings (SSSR count). The van der Waals surface area contributed by atoms with Gasteiger partial charge < -0.3 is 9.47 Å². The average molecular weight is 348 g/mol. The molecule has 0 N–H and O–H groups in total. The monoisotopic (exact) mass is 347 g/mol. The molecule has 0 aromatic heterocycles. The Morgan fingerprint density at radius 3 is 2.50 bits per heavy atom. The molecule has 1 saturated heterocycles. The molecule has 0 saturated carbocycles. The molecule has 130 valence electrons. The SMILES string of the molecule is C[C@H]1CN(CCCCOc2ccc(Cl)c3ccccc23)C[C@H](C)O1. The van der Waals surface area contributed by atoms with E-state index < -0.39 is 0 Å². The predicted octanol–water partition coefficient (Wildman–Crippen LogP) is 4.76. The molecule has 0 amide bonds. The normalized spacial score (nSPS) is 22.0. The summed E-state index contributed by atoms with van der Waals surface area (Å²) >= 11 is 6.25. The Kier molecular flexibility index (Phi) is 5.99. The number of fused-ring (bicyclic) bond motifs is 1. The van der Waals surface area contributed by atoms with Crippen molar-refractivity contribution in [1.29, 1.82) is 0 Å². The third kappa shape index (κ3) is 4.41. The second-order valence-corrected chi connectivity index (χ2v) is 7.07. The first kappa shape index (κ1) is 17.5. The van der Waals surface area contributed by atoms with Crippen LogP contribution in [0.3, 0.4) is 0 Å². The maximum Gasteiger partial charge on any atom is 0.127 e. The lowest BCUT2D eigenvalue weighted by molar-refractivity contribution is -0.0682. The zero-order chi connectivity index (χ0) is 16.9. The first-order valence-corrected chi connectivity index (χ1v) is 9.19. The molecule has 3 nitrogen and oxygen atoms in total. The van der Waals surface area contributed by atoms with Crippen LogP contribution in [-0.2, 0) is 4.74 Å². The van der Waals surface area contributed by atoms with Gasteiger partial charge in [0.25, 0.3) is 0 Å². The minimum atomic E-state index is 0.338. The minimum absolute atomic E-state index is 0.338. The van der Waals surface area contributed by atoms with Crippen molar-refractivity contribution < 1.29 is 9.47 Å². The number of halogens is 1. The molecule has 0 unspecified atom stereocenters. The lowest BCUT2D eigenvalue weighted by Crippen LogP contribution is -2.45. The molecule has 1 aliphatic rings. The van der Waals surface area contributed by atoms with Crippen molar-refractivity contribution in [3.63, 3.8) is 0 Å². The lowest BCUT2D eigenvalue weighted by Gasteiger charge is -2.35. The first-order valence-electron chi connectivity index (χ1n) is 8.81. The topological polar surface area (TPSA) is 21.7 Å². The molecule has 0 radical (unpaired) electrons. The highest BCUT2D eigenvalue weighted by Gasteiger charge is 2.21. The van der Waals surface area contributed by atoms with E-state index >= 15 is 0 Å². The Morgan fingerprint density at radius 2 is 1.75 bits per heavy atom. The van der Waals surface area contributed by atoms with E-state index in [1.54, 1.807) is 0 Å². The number of rotatable bonds is 6. The number of morpholine rings is 1. The average Bonchev–Trinajstić information content (AvgIpc) is 2.56. The number of hydrogen-bond donors (Lipinski definition) is 0. The van der Waals surface area contributed by atoms with E-state index in [0.29, 0.717) is 12.2 Å². The maximum absolute atomic E-state index is 6.25. The van der Waals surface area contributed by atoms with Crippen LogP contribution in [0.5, 0.6) is 5.75 Å². The third-order valence-electron chi connectivity index (χ3n) is 4.45. The lowest BCUT2D eigenvalue weighted by atomic mass is 10.1. The molecule has 1 fully saturated rings. The van der Waals surface area contributed by atoms with Crippen molar-refractivity contribution in [3.8, 4) is 5.75 Å². The molecule has 2 atom stereocenters. The zero-order valence-corrected chi connectivity index (χ0v) is 15.3. The summed E-state index contributed by atoms with van der Waals surface area (Å²) in [6.07, 6.45) is 2.87. The minimum Gasteiger partial charge on any atom is -0.493 e. The maximum atomic E-state index is 6.25. The van der Waals surface area contributed by atoms with Gasteiger partial charge in [-0.05, 0) is 45.4 Å². The zero-order valence-electron chi connectivity index (χ0n) is 14.5. The van der Waals surface area contributed by atoms with Crippen LogP contribution in [0, 0.1) is 0 Å². The third-order valence-corrected chi connectivity index (χ3v) is 4.78. The second-order valence-electron chi connectivity index (χ2n) is 6.66. The van der Waals surface area contributed by atoms with Gasteiger partial charge in [0.05, 0.1) is 18.8 Å². The summed E-state index contributed by atoms with van der Waals surface area (Å²) in [5.74, 6) is 0.920. The van der Waals surface area contributed by atoms with Crippen molar-refractivity contribution in [1.82, 2.24) is 4.90 Å². The van der Waals surface area contributed by atoms with Gasteiger partial charge in [-0.1, -0.05) is 35.9 Å². The number of unbranched alkanes of at least 4 members (excludes halogenated alkanes) is 1. The van der Waals surface area contributed by atoms with Crippen molar-refractivity contribution in [2.45, 2.75) is 38.9 Å². The fourth-order valence-corrected chi connectivity index (χ4v) is 3.67. The summed E-state index contributed by atoms with van der Waals surface area (Å²) in [6.45, 7) is 8.22. The molecule has 1 heterocycles. The van der Waals surface area contributed by atoms with E-state index in [1.807, 2.05) is 30.3 Å². The fraction of sp³-hybridized carbons (Fsp3) is 0.500. The summed E-state index contributed by atoms with van der Waals surface area (Å²) in [5, 5.41) is 2.90. The Labute approximate surface area is 149 Å². The van der Waals surface area contributed by atoms with Crippen LogP contribution in [0.1, 0.15) is 26.7 Å².